The highest BCUT2D eigenvalue weighted by molar-refractivity contribution is 5.76. The van der Waals surface area contributed by atoms with E-state index in [1.54, 1.807) is 0 Å². The van der Waals surface area contributed by atoms with Gasteiger partial charge >= 0.3 is 5.97 Å². The zero-order chi connectivity index (χ0) is 12.0. The number of carboxylic acid groups (broad SMARTS) is 1. The van der Waals surface area contributed by atoms with Crippen LogP contribution in [-0.2, 0) is 10.2 Å². The molecule has 0 bridgehead atoms. The molecule has 2 aromatic heterocycles. The van der Waals surface area contributed by atoms with Crippen LogP contribution in [-0.4, -0.2) is 26.5 Å². The summed E-state index contributed by atoms with van der Waals surface area (Å²) in [6.07, 6.45) is 5.37. The maximum atomic E-state index is 11.0. The lowest BCUT2D eigenvalue weighted by molar-refractivity contribution is -0.139. The van der Waals surface area contributed by atoms with E-state index in [1.165, 1.54) is 0 Å². The van der Waals surface area contributed by atoms with Crippen LogP contribution >= 0.6 is 0 Å². The molecule has 3 rings (SSSR count). The van der Waals surface area contributed by atoms with Gasteiger partial charge in [0.2, 0.25) is 0 Å². The number of rotatable bonds is 3. The van der Waals surface area contributed by atoms with E-state index in [1.807, 2.05) is 35.0 Å². The third-order valence-electron chi connectivity index (χ3n) is 3.52. The fourth-order valence-corrected chi connectivity index (χ4v) is 2.27. The molecule has 0 saturated heterocycles. The molecule has 1 aliphatic rings. The molecule has 0 spiro atoms. The van der Waals surface area contributed by atoms with Crippen molar-refractivity contribution in [2.24, 2.45) is 5.73 Å². The second-order valence-electron chi connectivity index (χ2n) is 4.56. The lowest BCUT2D eigenvalue weighted by Crippen LogP contribution is -2.42. The van der Waals surface area contributed by atoms with Crippen molar-refractivity contribution >= 4 is 11.6 Å². The quantitative estimate of drug-likeness (QED) is 0.817. The van der Waals surface area contributed by atoms with Gasteiger partial charge in [-0.1, -0.05) is 6.07 Å². The zero-order valence-electron chi connectivity index (χ0n) is 9.21. The summed E-state index contributed by atoms with van der Waals surface area (Å²) in [7, 11) is 0. The number of hydrogen-bond acceptors (Lipinski definition) is 3. The molecular formula is C12H13N3O2. The Morgan fingerprint density at radius 1 is 1.53 bits per heavy atom. The largest absolute Gasteiger partial charge is 0.480 e. The summed E-state index contributed by atoms with van der Waals surface area (Å²) in [6.45, 7) is 0. The highest BCUT2D eigenvalue weighted by Gasteiger charge is 2.54. The Labute approximate surface area is 97.9 Å². The standard InChI is InChI=1S/C12H13N3O2/c13-10(11(16)17)12(4-5-12)8-7-15-6-2-1-3-9(15)14-8/h1-3,6-7,10H,4-5,13H2,(H,16,17). The van der Waals surface area contributed by atoms with Crippen LogP contribution in [0.5, 0.6) is 0 Å². The highest BCUT2D eigenvalue weighted by atomic mass is 16.4. The fraction of sp³-hybridized carbons (Fsp3) is 0.333. The molecule has 5 nitrogen and oxygen atoms in total. The molecule has 5 heteroatoms. The van der Waals surface area contributed by atoms with Gasteiger partial charge in [0.25, 0.3) is 0 Å². The second kappa shape index (κ2) is 3.30. The molecular weight excluding hydrogens is 218 g/mol. The van der Waals surface area contributed by atoms with Crippen molar-refractivity contribution in [1.29, 1.82) is 0 Å². The number of nitrogens with two attached hydrogens (primary N) is 1. The molecule has 1 atom stereocenters. The summed E-state index contributed by atoms with van der Waals surface area (Å²) < 4.78 is 1.89. The topological polar surface area (TPSA) is 80.6 Å². The molecule has 17 heavy (non-hydrogen) atoms. The van der Waals surface area contributed by atoms with Crippen molar-refractivity contribution in [2.75, 3.05) is 0 Å². The van der Waals surface area contributed by atoms with Gasteiger partial charge in [-0.3, -0.25) is 4.79 Å². The molecule has 1 saturated carbocycles. The van der Waals surface area contributed by atoms with Crippen LogP contribution in [0.3, 0.4) is 0 Å². The third-order valence-corrected chi connectivity index (χ3v) is 3.52. The minimum Gasteiger partial charge on any atom is -0.480 e. The number of nitrogens with zero attached hydrogens (tertiary/aromatic N) is 2. The summed E-state index contributed by atoms with van der Waals surface area (Å²) in [6, 6.07) is 4.84. The van der Waals surface area contributed by atoms with E-state index in [4.69, 9.17) is 10.8 Å². The molecule has 88 valence electrons. The van der Waals surface area contributed by atoms with Gasteiger partial charge in [-0.05, 0) is 25.0 Å². The minimum absolute atomic E-state index is 0.460. The third kappa shape index (κ3) is 1.43. The first-order valence-corrected chi connectivity index (χ1v) is 5.56. The average Bonchev–Trinajstić information content (AvgIpc) is 3.01. The normalized spacial score (nSPS) is 19.1. The fourth-order valence-electron chi connectivity index (χ4n) is 2.27. The first kappa shape index (κ1) is 10.3. The Morgan fingerprint density at radius 2 is 2.29 bits per heavy atom. The number of carboxylic acids is 1. The predicted octanol–water partition coefficient (Wildman–Crippen LogP) is 0.778. The Kier molecular flexibility index (Phi) is 2.00. The van der Waals surface area contributed by atoms with E-state index in [9.17, 15) is 4.79 Å². The smallest absolute Gasteiger partial charge is 0.321 e. The minimum atomic E-state index is -0.959. The van der Waals surface area contributed by atoms with Crippen molar-refractivity contribution in [1.82, 2.24) is 9.38 Å². The van der Waals surface area contributed by atoms with Crippen LogP contribution < -0.4 is 5.73 Å². The lowest BCUT2D eigenvalue weighted by Gasteiger charge is -2.16. The maximum Gasteiger partial charge on any atom is 0.321 e. The van der Waals surface area contributed by atoms with Crippen molar-refractivity contribution in [3.8, 4) is 0 Å². The van der Waals surface area contributed by atoms with Gasteiger partial charge < -0.3 is 15.2 Å². The molecule has 2 aromatic rings. The van der Waals surface area contributed by atoms with Gasteiger partial charge in [-0.2, -0.15) is 0 Å². The molecule has 0 radical (unpaired) electrons. The monoisotopic (exact) mass is 231 g/mol. The first-order chi connectivity index (χ1) is 8.13. The van der Waals surface area contributed by atoms with E-state index in [-0.39, 0.29) is 0 Å². The van der Waals surface area contributed by atoms with Gasteiger partial charge in [-0.15, -0.1) is 0 Å². The Balaban J connectivity index is 2.06. The van der Waals surface area contributed by atoms with Crippen molar-refractivity contribution in [3.63, 3.8) is 0 Å². The Bertz CT molecular complexity index is 553. The lowest BCUT2D eigenvalue weighted by atomic mass is 9.94. The molecule has 0 aliphatic heterocycles. The summed E-state index contributed by atoms with van der Waals surface area (Å²) in [5, 5.41) is 9.03. The van der Waals surface area contributed by atoms with Crippen molar-refractivity contribution in [2.45, 2.75) is 24.3 Å². The first-order valence-electron chi connectivity index (χ1n) is 5.56. The summed E-state index contributed by atoms with van der Waals surface area (Å²) in [5.74, 6) is -0.959. The Morgan fingerprint density at radius 3 is 2.88 bits per heavy atom. The van der Waals surface area contributed by atoms with Gasteiger partial charge in [0.1, 0.15) is 11.7 Å². The number of carbonyl (C=O) groups is 1. The molecule has 1 unspecified atom stereocenters. The van der Waals surface area contributed by atoms with E-state index < -0.39 is 17.4 Å². The molecule has 0 aromatic carbocycles. The molecule has 0 amide bonds. The second-order valence-corrected chi connectivity index (χ2v) is 4.56. The number of aromatic nitrogens is 2. The van der Waals surface area contributed by atoms with Gasteiger partial charge in [-0.25, -0.2) is 4.98 Å². The van der Waals surface area contributed by atoms with Crippen LogP contribution in [0.15, 0.2) is 30.6 Å². The molecule has 1 aliphatic carbocycles. The van der Waals surface area contributed by atoms with E-state index in [0.717, 1.165) is 24.2 Å². The van der Waals surface area contributed by atoms with Crippen LogP contribution in [0.4, 0.5) is 0 Å². The van der Waals surface area contributed by atoms with Crippen molar-refractivity contribution in [3.05, 3.63) is 36.3 Å². The molecule has 2 heterocycles. The predicted molar refractivity (Wildman–Crippen MR) is 61.7 cm³/mol. The average molecular weight is 231 g/mol. The van der Waals surface area contributed by atoms with E-state index in [2.05, 4.69) is 4.98 Å². The highest BCUT2D eigenvalue weighted by Crippen LogP contribution is 2.49. The summed E-state index contributed by atoms with van der Waals surface area (Å²) in [4.78, 5) is 15.5. The summed E-state index contributed by atoms with van der Waals surface area (Å²) >= 11 is 0. The number of fused-ring (bicyclic) bond motifs is 1. The molecule has 3 N–H and O–H groups in total. The van der Waals surface area contributed by atoms with E-state index >= 15 is 0 Å². The number of imidazole rings is 1. The van der Waals surface area contributed by atoms with Crippen molar-refractivity contribution < 1.29 is 9.90 Å². The summed E-state index contributed by atoms with van der Waals surface area (Å²) in [5.41, 5.74) is 6.92. The van der Waals surface area contributed by atoms with Gasteiger partial charge in [0, 0.05) is 17.8 Å². The Hall–Kier alpha value is -1.88. The van der Waals surface area contributed by atoms with Gasteiger partial charge in [0.15, 0.2) is 0 Å². The zero-order valence-corrected chi connectivity index (χ0v) is 9.21. The van der Waals surface area contributed by atoms with Crippen LogP contribution in [0.2, 0.25) is 0 Å². The van der Waals surface area contributed by atoms with Gasteiger partial charge in [0.05, 0.1) is 5.69 Å². The number of aliphatic carboxylic acids is 1. The number of hydrogen-bond donors (Lipinski definition) is 2. The SMILES string of the molecule is NC(C(=O)O)C1(c2cn3ccccc3n2)CC1. The van der Waals surface area contributed by atoms with Crippen LogP contribution in [0, 0.1) is 0 Å². The number of pyridine rings is 1. The maximum absolute atomic E-state index is 11.0. The molecule has 1 fully saturated rings. The van der Waals surface area contributed by atoms with Crippen LogP contribution in [0.25, 0.3) is 5.65 Å². The van der Waals surface area contributed by atoms with Crippen LogP contribution in [0.1, 0.15) is 18.5 Å². The van der Waals surface area contributed by atoms with E-state index in [0.29, 0.717) is 0 Å².